The predicted molar refractivity (Wildman–Crippen MR) is 69.7 cm³/mol. The van der Waals surface area contributed by atoms with Crippen LogP contribution in [0.4, 0.5) is 0 Å². The van der Waals surface area contributed by atoms with Gasteiger partial charge in [0.2, 0.25) is 5.91 Å². The van der Waals surface area contributed by atoms with Crippen molar-refractivity contribution < 1.29 is 19.4 Å². The average Bonchev–Trinajstić information content (AvgIpc) is 2.87. The molecule has 0 aromatic carbocycles. The van der Waals surface area contributed by atoms with E-state index >= 15 is 0 Å². The SMILES string of the molecule is CC(C)C1OCCC1C(=O)N1CCCCC1C(=O)O. The first-order valence-electron chi connectivity index (χ1n) is 7.17. The van der Waals surface area contributed by atoms with E-state index in [9.17, 15) is 14.7 Å². The number of amides is 1. The van der Waals surface area contributed by atoms with Crippen molar-refractivity contribution in [1.29, 1.82) is 0 Å². The van der Waals surface area contributed by atoms with Crippen LogP contribution in [0.2, 0.25) is 0 Å². The van der Waals surface area contributed by atoms with Gasteiger partial charge in [-0.1, -0.05) is 13.8 Å². The lowest BCUT2D eigenvalue weighted by molar-refractivity contribution is -0.155. The summed E-state index contributed by atoms with van der Waals surface area (Å²) in [5.41, 5.74) is 0. The number of nitrogens with zero attached hydrogens (tertiary/aromatic N) is 1. The second kappa shape index (κ2) is 5.90. The first kappa shape index (κ1) is 14.3. The number of carboxylic acids is 1. The van der Waals surface area contributed by atoms with Crippen molar-refractivity contribution in [3.8, 4) is 0 Å². The first-order chi connectivity index (χ1) is 9.02. The Morgan fingerprint density at radius 1 is 1.26 bits per heavy atom. The highest BCUT2D eigenvalue weighted by atomic mass is 16.5. The summed E-state index contributed by atoms with van der Waals surface area (Å²) in [5, 5.41) is 9.25. The summed E-state index contributed by atoms with van der Waals surface area (Å²) in [6.07, 6.45) is 3.00. The van der Waals surface area contributed by atoms with Crippen LogP contribution >= 0.6 is 0 Å². The molecular weight excluding hydrogens is 246 g/mol. The number of piperidine rings is 1. The molecule has 3 unspecified atom stereocenters. The van der Waals surface area contributed by atoms with Gasteiger partial charge in [0.25, 0.3) is 0 Å². The van der Waals surface area contributed by atoms with E-state index in [4.69, 9.17) is 4.74 Å². The van der Waals surface area contributed by atoms with Gasteiger partial charge in [-0.2, -0.15) is 0 Å². The molecule has 0 aromatic rings. The fourth-order valence-corrected chi connectivity index (χ4v) is 3.20. The van der Waals surface area contributed by atoms with Crippen LogP contribution < -0.4 is 0 Å². The summed E-state index contributed by atoms with van der Waals surface area (Å²) in [7, 11) is 0. The molecule has 0 bridgehead atoms. The zero-order chi connectivity index (χ0) is 14.0. The van der Waals surface area contributed by atoms with Crippen LogP contribution in [0.25, 0.3) is 0 Å². The highest BCUT2D eigenvalue weighted by molar-refractivity contribution is 5.85. The Bertz CT molecular complexity index is 355. The standard InChI is InChI=1S/C14H23NO4/c1-9(2)12-10(6-8-19-12)13(16)15-7-4-3-5-11(15)14(17)18/h9-12H,3-8H2,1-2H3,(H,17,18). The van der Waals surface area contributed by atoms with Crippen LogP contribution in [0.15, 0.2) is 0 Å². The minimum absolute atomic E-state index is 0.0247. The molecule has 0 radical (unpaired) electrons. The second-order valence-electron chi connectivity index (χ2n) is 5.86. The third kappa shape index (κ3) is 2.91. The van der Waals surface area contributed by atoms with Gasteiger partial charge in [-0.3, -0.25) is 4.79 Å². The maximum absolute atomic E-state index is 12.6. The van der Waals surface area contributed by atoms with Gasteiger partial charge in [0, 0.05) is 13.2 Å². The van der Waals surface area contributed by atoms with E-state index in [1.54, 1.807) is 4.90 Å². The number of carbonyl (C=O) groups excluding carboxylic acids is 1. The summed E-state index contributed by atoms with van der Waals surface area (Å²) in [4.78, 5) is 25.5. The Morgan fingerprint density at radius 3 is 2.63 bits per heavy atom. The van der Waals surface area contributed by atoms with Crippen molar-refractivity contribution in [3.05, 3.63) is 0 Å². The molecule has 1 amide bonds. The number of ether oxygens (including phenoxy) is 1. The lowest BCUT2D eigenvalue weighted by Gasteiger charge is -2.36. The Hall–Kier alpha value is -1.10. The number of carbonyl (C=O) groups is 2. The number of aliphatic carboxylic acids is 1. The summed E-state index contributed by atoms with van der Waals surface area (Å²) < 4.78 is 5.64. The van der Waals surface area contributed by atoms with E-state index in [1.165, 1.54) is 0 Å². The maximum atomic E-state index is 12.6. The van der Waals surface area contributed by atoms with Crippen molar-refractivity contribution >= 4 is 11.9 Å². The van der Waals surface area contributed by atoms with Crippen LogP contribution in [0, 0.1) is 11.8 Å². The minimum atomic E-state index is -0.881. The van der Waals surface area contributed by atoms with Crippen LogP contribution in [0.1, 0.15) is 39.5 Å². The molecule has 3 atom stereocenters. The molecular formula is C14H23NO4. The fourth-order valence-electron chi connectivity index (χ4n) is 3.20. The quantitative estimate of drug-likeness (QED) is 0.843. The number of carboxylic acid groups (broad SMARTS) is 1. The molecule has 2 heterocycles. The van der Waals surface area contributed by atoms with Crippen molar-refractivity contribution in [2.45, 2.75) is 51.7 Å². The van der Waals surface area contributed by atoms with E-state index < -0.39 is 12.0 Å². The van der Waals surface area contributed by atoms with Crippen LogP contribution in [0.5, 0.6) is 0 Å². The van der Waals surface area contributed by atoms with Crippen LogP contribution in [-0.4, -0.2) is 47.2 Å². The smallest absolute Gasteiger partial charge is 0.326 e. The Labute approximate surface area is 113 Å². The molecule has 0 aromatic heterocycles. The molecule has 2 fully saturated rings. The monoisotopic (exact) mass is 269 g/mol. The molecule has 0 aliphatic carbocycles. The van der Waals surface area contributed by atoms with E-state index in [0.29, 0.717) is 26.0 Å². The Morgan fingerprint density at radius 2 is 2.00 bits per heavy atom. The van der Waals surface area contributed by atoms with E-state index in [-0.39, 0.29) is 23.8 Å². The van der Waals surface area contributed by atoms with Gasteiger partial charge in [0.1, 0.15) is 6.04 Å². The average molecular weight is 269 g/mol. The zero-order valence-electron chi connectivity index (χ0n) is 11.7. The summed E-state index contributed by atoms with van der Waals surface area (Å²) in [6, 6.07) is -0.644. The van der Waals surface area contributed by atoms with Crippen molar-refractivity contribution in [2.75, 3.05) is 13.2 Å². The van der Waals surface area contributed by atoms with E-state index in [1.807, 2.05) is 13.8 Å². The molecule has 5 heteroatoms. The van der Waals surface area contributed by atoms with Gasteiger partial charge in [0.15, 0.2) is 0 Å². The lowest BCUT2D eigenvalue weighted by atomic mass is 9.90. The van der Waals surface area contributed by atoms with E-state index in [2.05, 4.69) is 0 Å². The van der Waals surface area contributed by atoms with Crippen molar-refractivity contribution in [1.82, 2.24) is 4.90 Å². The van der Waals surface area contributed by atoms with Gasteiger partial charge >= 0.3 is 5.97 Å². The van der Waals surface area contributed by atoms with Crippen molar-refractivity contribution in [3.63, 3.8) is 0 Å². The highest BCUT2D eigenvalue weighted by Gasteiger charge is 2.41. The van der Waals surface area contributed by atoms with Crippen LogP contribution in [0.3, 0.4) is 0 Å². The zero-order valence-corrected chi connectivity index (χ0v) is 11.7. The molecule has 0 saturated carbocycles. The van der Waals surface area contributed by atoms with Crippen molar-refractivity contribution in [2.24, 2.45) is 11.8 Å². The van der Waals surface area contributed by atoms with Gasteiger partial charge in [0.05, 0.1) is 12.0 Å². The molecule has 19 heavy (non-hydrogen) atoms. The first-order valence-corrected chi connectivity index (χ1v) is 7.17. The number of hydrogen-bond donors (Lipinski definition) is 1. The third-order valence-electron chi connectivity index (χ3n) is 4.18. The molecule has 2 saturated heterocycles. The number of likely N-dealkylation sites (tertiary alicyclic amines) is 1. The minimum Gasteiger partial charge on any atom is -0.480 e. The Balaban J connectivity index is 2.10. The normalized spacial score (nSPS) is 31.7. The molecule has 2 rings (SSSR count). The topological polar surface area (TPSA) is 66.8 Å². The molecule has 108 valence electrons. The number of rotatable bonds is 3. The van der Waals surface area contributed by atoms with Crippen LogP contribution in [-0.2, 0) is 14.3 Å². The predicted octanol–water partition coefficient (Wildman–Crippen LogP) is 1.51. The summed E-state index contributed by atoms with van der Waals surface area (Å²) >= 11 is 0. The molecule has 2 aliphatic rings. The van der Waals surface area contributed by atoms with Gasteiger partial charge in [-0.05, 0) is 31.6 Å². The summed E-state index contributed by atoms with van der Waals surface area (Å²) in [6.45, 7) is 5.25. The fraction of sp³-hybridized carbons (Fsp3) is 0.857. The molecule has 2 aliphatic heterocycles. The molecule has 1 N–H and O–H groups in total. The molecule has 0 spiro atoms. The second-order valence-corrected chi connectivity index (χ2v) is 5.86. The highest BCUT2D eigenvalue weighted by Crippen LogP contribution is 2.30. The number of hydrogen-bond acceptors (Lipinski definition) is 3. The Kier molecular flexibility index (Phi) is 4.45. The largest absolute Gasteiger partial charge is 0.480 e. The third-order valence-corrected chi connectivity index (χ3v) is 4.18. The van der Waals surface area contributed by atoms with Gasteiger partial charge in [-0.15, -0.1) is 0 Å². The maximum Gasteiger partial charge on any atom is 0.326 e. The van der Waals surface area contributed by atoms with Gasteiger partial charge in [-0.25, -0.2) is 4.79 Å². The lowest BCUT2D eigenvalue weighted by Crippen LogP contribution is -2.51. The van der Waals surface area contributed by atoms with Gasteiger partial charge < -0.3 is 14.7 Å². The summed E-state index contributed by atoms with van der Waals surface area (Å²) in [5.74, 6) is -0.791. The molecule has 5 nitrogen and oxygen atoms in total. The van der Waals surface area contributed by atoms with E-state index in [0.717, 1.165) is 12.8 Å².